The Morgan fingerprint density at radius 3 is 2.56 bits per heavy atom. The number of hydrogen-bond donors (Lipinski definition) is 0. The predicted octanol–water partition coefficient (Wildman–Crippen LogP) is 4.23. The molecule has 2 atom stereocenters. The maximum atomic E-state index is 12.8. The normalized spacial score (nSPS) is 17.4. The summed E-state index contributed by atoms with van der Waals surface area (Å²) in [6.45, 7) is 3.31. The van der Waals surface area contributed by atoms with Crippen LogP contribution in [0.2, 0.25) is 0 Å². The van der Waals surface area contributed by atoms with Crippen molar-refractivity contribution < 1.29 is 27.5 Å². The van der Waals surface area contributed by atoms with Crippen LogP contribution >= 0.6 is 0 Å². The number of para-hydroxylation sites is 1. The summed E-state index contributed by atoms with van der Waals surface area (Å²) in [5, 5.41) is 0. The van der Waals surface area contributed by atoms with Gasteiger partial charge in [0, 0.05) is 11.7 Å². The van der Waals surface area contributed by atoms with Crippen LogP contribution in [0.1, 0.15) is 35.3 Å². The quantitative estimate of drug-likeness (QED) is 0.752. The molecule has 0 saturated heterocycles. The van der Waals surface area contributed by atoms with Crippen LogP contribution in [0.15, 0.2) is 48.5 Å². The minimum atomic E-state index is -4.56. The first kappa shape index (κ1) is 18.9. The molecular formula is C20H18F3NO3. The lowest BCUT2D eigenvalue weighted by atomic mass is 10.1. The number of amides is 1. The van der Waals surface area contributed by atoms with E-state index in [0.717, 1.165) is 23.4 Å². The van der Waals surface area contributed by atoms with Crippen molar-refractivity contribution in [2.45, 2.75) is 38.6 Å². The summed E-state index contributed by atoms with van der Waals surface area (Å²) in [5.41, 5.74) is 0.587. The van der Waals surface area contributed by atoms with Gasteiger partial charge < -0.3 is 9.64 Å². The number of esters is 1. The number of ether oxygens (including phenoxy) is 1. The molecule has 0 saturated carbocycles. The average molecular weight is 377 g/mol. The first-order valence-corrected chi connectivity index (χ1v) is 8.47. The Labute approximate surface area is 154 Å². The van der Waals surface area contributed by atoms with Gasteiger partial charge in [-0.25, -0.2) is 4.79 Å². The number of nitrogens with zero attached hydrogens (tertiary/aromatic N) is 1. The second-order valence-electron chi connectivity index (χ2n) is 6.52. The van der Waals surface area contributed by atoms with Crippen molar-refractivity contribution in [2.24, 2.45) is 0 Å². The van der Waals surface area contributed by atoms with Gasteiger partial charge in [-0.3, -0.25) is 4.79 Å². The van der Waals surface area contributed by atoms with Crippen LogP contribution in [-0.2, 0) is 22.1 Å². The number of rotatable bonds is 3. The van der Waals surface area contributed by atoms with E-state index in [1.165, 1.54) is 13.0 Å². The van der Waals surface area contributed by atoms with Crippen LogP contribution in [0.4, 0.5) is 18.9 Å². The number of carbonyl (C=O) groups excluding carboxylic acids is 2. The van der Waals surface area contributed by atoms with Crippen molar-refractivity contribution in [1.82, 2.24) is 0 Å². The van der Waals surface area contributed by atoms with Gasteiger partial charge in [0.25, 0.3) is 5.91 Å². The number of carbonyl (C=O) groups is 2. The molecule has 0 N–H and O–H groups in total. The average Bonchev–Trinajstić information content (AvgIpc) is 2.96. The smallest absolute Gasteiger partial charge is 0.416 e. The third-order valence-corrected chi connectivity index (χ3v) is 4.50. The van der Waals surface area contributed by atoms with E-state index in [0.29, 0.717) is 12.5 Å². The van der Waals surface area contributed by atoms with Gasteiger partial charge in [-0.1, -0.05) is 24.3 Å². The fraction of sp³-hybridized carbons (Fsp3) is 0.300. The molecule has 0 radical (unpaired) electrons. The van der Waals surface area contributed by atoms with Crippen molar-refractivity contribution >= 4 is 17.6 Å². The molecule has 1 aliphatic heterocycles. The first-order chi connectivity index (χ1) is 12.7. The van der Waals surface area contributed by atoms with Crippen LogP contribution < -0.4 is 4.90 Å². The van der Waals surface area contributed by atoms with E-state index in [1.807, 2.05) is 31.2 Å². The van der Waals surface area contributed by atoms with Gasteiger partial charge in [0.1, 0.15) is 0 Å². The molecule has 1 amide bonds. The summed E-state index contributed by atoms with van der Waals surface area (Å²) in [7, 11) is 0. The molecule has 0 aromatic heterocycles. The van der Waals surface area contributed by atoms with Gasteiger partial charge in [0.15, 0.2) is 6.10 Å². The fourth-order valence-corrected chi connectivity index (χ4v) is 3.20. The van der Waals surface area contributed by atoms with E-state index in [1.54, 1.807) is 4.90 Å². The maximum absolute atomic E-state index is 12.8. The Morgan fingerprint density at radius 2 is 1.85 bits per heavy atom. The molecule has 4 nitrogen and oxygen atoms in total. The standard InChI is InChI=1S/C20H18F3NO3/c1-12-10-14-6-3-4-9-17(14)24(12)18(25)13(2)27-19(26)15-7-5-8-16(11-15)20(21,22)23/h3-9,11-13H,10H2,1-2H3/t12-,13-/m0/s1. The van der Waals surface area contributed by atoms with E-state index in [4.69, 9.17) is 4.74 Å². The molecule has 0 bridgehead atoms. The number of benzene rings is 2. The van der Waals surface area contributed by atoms with Gasteiger partial charge in [-0.05, 0) is 50.1 Å². The zero-order valence-electron chi connectivity index (χ0n) is 14.8. The molecule has 0 aliphatic carbocycles. The second-order valence-corrected chi connectivity index (χ2v) is 6.52. The summed E-state index contributed by atoms with van der Waals surface area (Å²) >= 11 is 0. The Bertz CT molecular complexity index is 879. The molecule has 0 fully saturated rings. The highest BCUT2D eigenvalue weighted by Gasteiger charge is 2.35. The monoisotopic (exact) mass is 377 g/mol. The van der Waals surface area contributed by atoms with Gasteiger partial charge in [-0.15, -0.1) is 0 Å². The first-order valence-electron chi connectivity index (χ1n) is 8.47. The molecule has 3 rings (SSSR count). The maximum Gasteiger partial charge on any atom is 0.416 e. The molecule has 1 heterocycles. The second kappa shape index (κ2) is 7.06. The number of anilines is 1. The van der Waals surface area contributed by atoms with Gasteiger partial charge >= 0.3 is 12.1 Å². The van der Waals surface area contributed by atoms with Crippen molar-refractivity contribution in [3.63, 3.8) is 0 Å². The lowest BCUT2D eigenvalue weighted by Crippen LogP contribution is -2.43. The fourth-order valence-electron chi connectivity index (χ4n) is 3.20. The molecule has 2 aromatic carbocycles. The number of halogens is 3. The van der Waals surface area contributed by atoms with Crippen LogP contribution in [0.3, 0.4) is 0 Å². The highest BCUT2D eigenvalue weighted by Crippen LogP contribution is 2.33. The van der Waals surface area contributed by atoms with Gasteiger partial charge in [0.2, 0.25) is 0 Å². The van der Waals surface area contributed by atoms with E-state index in [-0.39, 0.29) is 11.6 Å². The number of hydrogen-bond acceptors (Lipinski definition) is 3. The summed E-state index contributed by atoms with van der Waals surface area (Å²) in [4.78, 5) is 26.6. The molecular weight excluding hydrogens is 359 g/mol. The van der Waals surface area contributed by atoms with Crippen LogP contribution in [0, 0.1) is 0 Å². The number of alkyl halides is 3. The topological polar surface area (TPSA) is 46.6 Å². The lowest BCUT2D eigenvalue weighted by Gasteiger charge is -2.26. The molecule has 27 heavy (non-hydrogen) atoms. The highest BCUT2D eigenvalue weighted by molar-refractivity contribution is 6.00. The van der Waals surface area contributed by atoms with Gasteiger partial charge in [-0.2, -0.15) is 13.2 Å². The minimum Gasteiger partial charge on any atom is -0.449 e. The van der Waals surface area contributed by atoms with Crippen molar-refractivity contribution in [1.29, 1.82) is 0 Å². The van der Waals surface area contributed by atoms with Crippen LogP contribution in [0.25, 0.3) is 0 Å². The molecule has 0 spiro atoms. The van der Waals surface area contributed by atoms with Crippen molar-refractivity contribution in [3.05, 3.63) is 65.2 Å². The van der Waals surface area contributed by atoms with Crippen molar-refractivity contribution in [2.75, 3.05) is 4.90 Å². The van der Waals surface area contributed by atoms with E-state index in [2.05, 4.69) is 0 Å². The molecule has 1 aliphatic rings. The summed E-state index contributed by atoms with van der Waals surface area (Å²) in [6.07, 6.45) is -5.00. The Balaban J connectivity index is 1.75. The third-order valence-electron chi connectivity index (χ3n) is 4.50. The van der Waals surface area contributed by atoms with E-state index in [9.17, 15) is 22.8 Å². The summed E-state index contributed by atoms with van der Waals surface area (Å²) < 4.78 is 43.5. The molecule has 2 aromatic rings. The predicted molar refractivity (Wildman–Crippen MR) is 93.4 cm³/mol. The lowest BCUT2D eigenvalue weighted by molar-refractivity contribution is -0.137. The zero-order chi connectivity index (χ0) is 19.8. The minimum absolute atomic E-state index is 0.0930. The summed E-state index contributed by atoms with van der Waals surface area (Å²) in [5.74, 6) is -1.38. The Morgan fingerprint density at radius 1 is 1.15 bits per heavy atom. The SMILES string of the molecule is C[C@H](OC(=O)c1cccc(C(F)(F)F)c1)C(=O)N1c2ccccc2C[C@@H]1C. The summed E-state index contributed by atoms with van der Waals surface area (Å²) in [6, 6.07) is 11.3. The Kier molecular flexibility index (Phi) is 4.95. The van der Waals surface area contributed by atoms with Gasteiger partial charge in [0.05, 0.1) is 11.1 Å². The van der Waals surface area contributed by atoms with Crippen LogP contribution in [0.5, 0.6) is 0 Å². The largest absolute Gasteiger partial charge is 0.449 e. The van der Waals surface area contributed by atoms with Crippen LogP contribution in [-0.4, -0.2) is 24.0 Å². The highest BCUT2D eigenvalue weighted by atomic mass is 19.4. The van der Waals surface area contributed by atoms with E-state index < -0.39 is 29.7 Å². The van der Waals surface area contributed by atoms with E-state index >= 15 is 0 Å². The zero-order valence-corrected chi connectivity index (χ0v) is 14.8. The molecule has 7 heteroatoms. The number of fused-ring (bicyclic) bond motifs is 1. The Hall–Kier alpha value is -2.83. The third kappa shape index (κ3) is 3.82. The molecule has 0 unspecified atom stereocenters. The van der Waals surface area contributed by atoms with Crippen molar-refractivity contribution in [3.8, 4) is 0 Å². The molecule has 142 valence electrons.